The summed E-state index contributed by atoms with van der Waals surface area (Å²) < 4.78 is 36.1. The van der Waals surface area contributed by atoms with Crippen molar-refractivity contribution in [1.29, 1.82) is 0 Å². The number of methoxy groups -OCH3 is 1. The molecule has 36 heavy (non-hydrogen) atoms. The lowest BCUT2D eigenvalue weighted by atomic mass is 10.2. The van der Waals surface area contributed by atoms with E-state index in [0.717, 1.165) is 28.6 Å². The summed E-state index contributed by atoms with van der Waals surface area (Å²) in [5.41, 5.74) is 2.15. The number of aromatic nitrogens is 1. The molecule has 194 valence electrons. The van der Waals surface area contributed by atoms with Crippen molar-refractivity contribution < 1.29 is 17.9 Å². The lowest BCUT2D eigenvalue weighted by molar-refractivity contribution is -0.132. The molecule has 0 aliphatic rings. The second-order valence-corrected chi connectivity index (χ2v) is 11.4. The molecule has 0 N–H and O–H groups in total. The average Bonchev–Trinajstić information content (AvgIpc) is 3.32. The van der Waals surface area contributed by atoms with E-state index in [4.69, 9.17) is 4.74 Å². The van der Waals surface area contributed by atoms with E-state index in [0.29, 0.717) is 19.6 Å². The SMILES string of the molecule is CCCCN(Cc1cccn1Cc1ccc(Br)cc1)C(=O)CN(CCOC)S(=O)(=O)c1ccccc1. The van der Waals surface area contributed by atoms with Gasteiger partial charge >= 0.3 is 0 Å². The molecule has 0 bridgehead atoms. The largest absolute Gasteiger partial charge is 0.383 e. The molecule has 0 atom stereocenters. The van der Waals surface area contributed by atoms with Crippen molar-refractivity contribution in [3.8, 4) is 0 Å². The first-order chi connectivity index (χ1) is 17.3. The number of carbonyl (C=O) groups is 1. The second kappa shape index (κ2) is 13.7. The van der Waals surface area contributed by atoms with Crippen LogP contribution in [-0.4, -0.2) is 61.4 Å². The molecule has 1 aromatic heterocycles. The molecular weight excluding hydrogens is 542 g/mol. The smallest absolute Gasteiger partial charge is 0.243 e. The number of sulfonamides is 1. The molecule has 3 aromatic rings. The fourth-order valence-electron chi connectivity index (χ4n) is 3.84. The topological polar surface area (TPSA) is 71.9 Å². The number of unbranched alkanes of at least 4 members (excludes halogenated alkanes) is 1. The van der Waals surface area contributed by atoms with Gasteiger partial charge in [-0.2, -0.15) is 4.31 Å². The maximum Gasteiger partial charge on any atom is 0.243 e. The number of halogens is 1. The minimum absolute atomic E-state index is 0.0982. The Morgan fingerprint density at radius 2 is 1.72 bits per heavy atom. The molecule has 7 nitrogen and oxygen atoms in total. The minimum atomic E-state index is -3.84. The number of nitrogens with zero attached hydrogens (tertiary/aromatic N) is 3. The van der Waals surface area contributed by atoms with Crippen LogP contribution in [0.15, 0.2) is 82.3 Å². The first-order valence-corrected chi connectivity index (χ1v) is 14.3. The molecule has 0 fully saturated rings. The van der Waals surface area contributed by atoms with Crippen molar-refractivity contribution in [3.05, 3.63) is 88.7 Å². The summed E-state index contributed by atoms with van der Waals surface area (Å²) in [6.07, 6.45) is 3.77. The van der Waals surface area contributed by atoms with Crippen LogP contribution < -0.4 is 0 Å². The van der Waals surface area contributed by atoms with Gasteiger partial charge in [0, 0.05) is 43.1 Å². The van der Waals surface area contributed by atoms with Gasteiger partial charge in [-0.15, -0.1) is 0 Å². The molecule has 0 aliphatic heterocycles. The zero-order chi connectivity index (χ0) is 26.0. The van der Waals surface area contributed by atoms with E-state index in [2.05, 4.69) is 39.6 Å². The van der Waals surface area contributed by atoms with Gasteiger partial charge in [0.1, 0.15) is 0 Å². The standard InChI is InChI=1S/C27H34BrN3O4S/c1-3-4-16-30(21-25-9-8-17-29(25)20-23-12-14-24(28)15-13-23)27(32)22-31(18-19-35-2)36(33,34)26-10-6-5-7-11-26/h5-15,17H,3-4,16,18-22H2,1-2H3. The Kier molecular flexibility index (Phi) is 10.7. The monoisotopic (exact) mass is 575 g/mol. The van der Waals surface area contributed by atoms with Gasteiger partial charge in [0.05, 0.1) is 24.6 Å². The Balaban J connectivity index is 1.79. The number of hydrogen-bond donors (Lipinski definition) is 0. The molecule has 3 rings (SSSR count). The van der Waals surface area contributed by atoms with Crippen LogP contribution in [-0.2, 0) is 32.6 Å². The van der Waals surface area contributed by atoms with Crippen molar-refractivity contribution in [3.63, 3.8) is 0 Å². The second-order valence-electron chi connectivity index (χ2n) is 8.57. The number of amides is 1. The van der Waals surface area contributed by atoms with Crippen molar-refractivity contribution in [2.45, 2.75) is 37.8 Å². The van der Waals surface area contributed by atoms with Crippen LogP contribution >= 0.6 is 15.9 Å². The van der Waals surface area contributed by atoms with Gasteiger partial charge < -0.3 is 14.2 Å². The number of ether oxygens (including phenoxy) is 1. The Morgan fingerprint density at radius 3 is 2.39 bits per heavy atom. The summed E-state index contributed by atoms with van der Waals surface area (Å²) in [7, 11) is -2.32. The van der Waals surface area contributed by atoms with Crippen LogP contribution in [0.1, 0.15) is 31.0 Å². The van der Waals surface area contributed by atoms with Gasteiger partial charge in [-0.05, 0) is 48.4 Å². The third-order valence-electron chi connectivity index (χ3n) is 5.91. The molecule has 2 aromatic carbocycles. The Hall–Kier alpha value is -2.46. The highest BCUT2D eigenvalue weighted by Crippen LogP contribution is 2.18. The molecular formula is C27H34BrN3O4S. The van der Waals surface area contributed by atoms with Crippen LogP contribution in [0, 0.1) is 0 Å². The molecule has 0 saturated heterocycles. The van der Waals surface area contributed by atoms with Gasteiger partial charge in [0.25, 0.3) is 0 Å². The van der Waals surface area contributed by atoms with Gasteiger partial charge in [-0.25, -0.2) is 8.42 Å². The lowest BCUT2D eigenvalue weighted by Gasteiger charge is -2.27. The number of benzene rings is 2. The molecule has 9 heteroatoms. The van der Waals surface area contributed by atoms with E-state index in [9.17, 15) is 13.2 Å². The van der Waals surface area contributed by atoms with Crippen LogP contribution in [0.3, 0.4) is 0 Å². The van der Waals surface area contributed by atoms with E-state index in [1.54, 1.807) is 35.2 Å². The van der Waals surface area contributed by atoms with Crippen molar-refractivity contribution >= 4 is 31.9 Å². The zero-order valence-electron chi connectivity index (χ0n) is 20.8. The number of hydrogen-bond acceptors (Lipinski definition) is 4. The predicted molar refractivity (Wildman–Crippen MR) is 145 cm³/mol. The molecule has 0 saturated carbocycles. The first-order valence-electron chi connectivity index (χ1n) is 12.1. The summed E-state index contributed by atoms with van der Waals surface area (Å²) in [4.78, 5) is 15.4. The molecule has 0 unspecified atom stereocenters. The number of rotatable bonds is 14. The van der Waals surface area contributed by atoms with Gasteiger partial charge in [-0.1, -0.05) is 59.6 Å². The van der Waals surface area contributed by atoms with Gasteiger partial charge in [0.15, 0.2) is 0 Å². The highest BCUT2D eigenvalue weighted by Gasteiger charge is 2.28. The van der Waals surface area contributed by atoms with E-state index in [-0.39, 0.29) is 30.5 Å². The predicted octanol–water partition coefficient (Wildman–Crippen LogP) is 4.76. The van der Waals surface area contributed by atoms with Gasteiger partial charge in [-0.3, -0.25) is 4.79 Å². The van der Waals surface area contributed by atoms with Crippen molar-refractivity contribution in [2.24, 2.45) is 0 Å². The van der Waals surface area contributed by atoms with Crippen LogP contribution in [0.25, 0.3) is 0 Å². The average molecular weight is 577 g/mol. The summed E-state index contributed by atoms with van der Waals surface area (Å²) in [5, 5.41) is 0. The number of carbonyl (C=O) groups excluding carboxylic acids is 1. The first kappa shape index (κ1) is 28.1. The quantitative estimate of drug-likeness (QED) is 0.278. The molecule has 1 heterocycles. The van der Waals surface area contributed by atoms with Crippen LogP contribution in [0.2, 0.25) is 0 Å². The highest BCUT2D eigenvalue weighted by molar-refractivity contribution is 9.10. The molecule has 0 spiro atoms. The zero-order valence-corrected chi connectivity index (χ0v) is 23.2. The fraction of sp³-hybridized carbons (Fsp3) is 0.370. The lowest BCUT2D eigenvalue weighted by Crippen LogP contribution is -2.44. The molecule has 0 aliphatic carbocycles. The Bertz CT molecular complexity index is 1200. The third-order valence-corrected chi connectivity index (χ3v) is 8.30. The van der Waals surface area contributed by atoms with Crippen molar-refractivity contribution in [1.82, 2.24) is 13.8 Å². The summed E-state index contributed by atoms with van der Waals surface area (Å²) >= 11 is 3.47. The highest BCUT2D eigenvalue weighted by atomic mass is 79.9. The van der Waals surface area contributed by atoms with E-state index >= 15 is 0 Å². The minimum Gasteiger partial charge on any atom is -0.383 e. The van der Waals surface area contributed by atoms with Crippen LogP contribution in [0.4, 0.5) is 0 Å². The van der Waals surface area contributed by atoms with E-state index in [1.807, 2.05) is 30.5 Å². The summed E-state index contributed by atoms with van der Waals surface area (Å²) in [5.74, 6) is -0.226. The maximum atomic E-state index is 13.5. The van der Waals surface area contributed by atoms with Crippen LogP contribution in [0.5, 0.6) is 0 Å². The summed E-state index contributed by atoms with van der Waals surface area (Å²) in [6.45, 7) is 3.79. The summed E-state index contributed by atoms with van der Waals surface area (Å²) in [6, 6.07) is 20.3. The fourth-order valence-corrected chi connectivity index (χ4v) is 5.50. The van der Waals surface area contributed by atoms with E-state index in [1.165, 1.54) is 11.4 Å². The van der Waals surface area contributed by atoms with E-state index < -0.39 is 10.0 Å². The maximum absolute atomic E-state index is 13.5. The Morgan fingerprint density at radius 1 is 1.00 bits per heavy atom. The van der Waals surface area contributed by atoms with Gasteiger partial charge in [0.2, 0.25) is 15.9 Å². The molecule has 1 amide bonds. The van der Waals surface area contributed by atoms with Crippen molar-refractivity contribution in [2.75, 3.05) is 33.4 Å². The Labute approximate surface area is 222 Å². The third kappa shape index (κ3) is 7.77. The normalized spacial score (nSPS) is 11.7. The molecule has 0 radical (unpaired) electrons.